The molecule has 1 aromatic carbocycles. The quantitative estimate of drug-likeness (QED) is 0.759. The Kier molecular flexibility index (Phi) is 4.03. The second-order valence-electron chi connectivity index (χ2n) is 7.41. The molecular formula is C18H28N3OP. The lowest BCUT2D eigenvalue weighted by atomic mass is 10.1. The van der Waals surface area contributed by atoms with Crippen molar-refractivity contribution < 1.29 is 4.57 Å². The number of fused-ring (bicyclic) bond motifs is 1. The average molecular weight is 333 g/mol. The first-order chi connectivity index (χ1) is 11.1. The second-order valence-corrected chi connectivity index (χ2v) is 10.0. The number of hydrogen-bond donors (Lipinski definition) is 0. The minimum Gasteiger partial charge on any atom is -0.297 e. The summed E-state index contributed by atoms with van der Waals surface area (Å²) in [4.78, 5) is 0. The van der Waals surface area contributed by atoms with Gasteiger partial charge in [0.05, 0.1) is 0 Å². The number of aryl methyl sites for hydroxylation is 2. The molecule has 3 aliphatic rings. The Balaban J connectivity index is 1.76. The summed E-state index contributed by atoms with van der Waals surface area (Å²) >= 11 is 0. The molecule has 0 radical (unpaired) electrons. The zero-order chi connectivity index (χ0) is 16.0. The molecule has 4 rings (SSSR count). The summed E-state index contributed by atoms with van der Waals surface area (Å²) < 4.78 is 21.3. The van der Waals surface area contributed by atoms with Gasteiger partial charge in [0, 0.05) is 37.9 Å². The van der Waals surface area contributed by atoms with Crippen LogP contribution in [0.5, 0.6) is 0 Å². The zero-order valence-electron chi connectivity index (χ0n) is 14.4. The van der Waals surface area contributed by atoms with Crippen LogP contribution in [0.1, 0.15) is 43.2 Å². The average Bonchev–Trinajstić information content (AvgIpc) is 3.10. The minimum absolute atomic E-state index is 0.476. The Morgan fingerprint density at radius 1 is 0.957 bits per heavy atom. The molecule has 0 saturated carbocycles. The van der Waals surface area contributed by atoms with E-state index in [4.69, 9.17) is 0 Å². The summed E-state index contributed by atoms with van der Waals surface area (Å²) in [6, 6.07) is 7.10. The molecule has 4 nitrogen and oxygen atoms in total. The number of hydrogen-bond acceptors (Lipinski definition) is 1. The molecule has 1 aromatic rings. The maximum absolute atomic E-state index is 14.3. The van der Waals surface area contributed by atoms with Gasteiger partial charge in [-0.05, 0) is 62.8 Å². The van der Waals surface area contributed by atoms with Crippen molar-refractivity contribution in [1.82, 2.24) is 9.34 Å². The molecule has 0 unspecified atom stereocenters. The summed E-state index contributed by atoms with van der Waals surface area (Å²) in [6.07, 6.45) is 6.04. The van der Waals surface area contributed by atoms with Crippen molar-refractivity contribution >= 4 is 13.3 Å². The number of rotatable bonds is 2. The monoisotopic (exact) mass is 333 g/mol. The Morgan fingerprint density at radius 3 is 2.35 bits per heavy atom. The molecule has 0 spiro atoms. The molecule has 0 aliphatic carbocycles. The Bertz CT molecular complexity index is 621. The zero-order valence-corrected chi connectivity index (χ0v) is 15.3. The van der Waals surface area contributed by atoms with Crippen molar-refractivity contribution in [2.24, 2.45) is 0 Å². The lowest BCUT2D eigenvalue weighted by Gasteiger charge is -2.40. The first-order valence-corrected chi connectivity index (χ1v) is 10.6. The maximum atomic E-state index is 14.3. The van der Waals surface area contributed by atoms with Gasteiger partial charge in [-0.2, -0.15) is 0 Å². The number of nitrogens with zero attached hydrogens (tertiary/aromatic N) is 3. The highest BCUT2D eigenvalue weighted by Crippen LogP contribution is 2.65. The SMILES string of the molecule is Cc1cc(C)cc(N2C[C@@H]3CCCN3[P@]2(=O)N2CCCCC2)c1. The third-order valence-corrected chi connectivity index (χ3v) is 8.94. The van der Waals surface area contributed by atoms with Crippen LogP contribution in [0, 0.1) is 13.8 Å². The smallest absolute Gasteiger partial charge is 0.297 e. The topological polar surface area (TPSA) is 26.8 Å². The third kappa shape index (κ3) is 2.56. The normalized spacial score (nSPS) is 32.4. The van der Waals surface area contributed by atoms with Gasteiger partial charge in [0.1, 0.15) is 0 Å². The predicted octanol–water partition coefficient (Wildman–Crippen LogP) is 4.18. The molecule has 3 aliphatic heterocycles. The molecule has 3 heterocycles. The Labute approximate surface area is 140 Å². The standard InChI is InChI=1S/C18H28N3OP/c1-15-11-16(2)13-18(12-15)21-14-17-7-6-10-20(17)23(21,22)19-8-4-3-5-9-19/h11-13,17H,3-10,14H2,1-2H3/t17-,23+/m0/s1. The summed E-state index contributed by atoms with van der Waals surface area (Å²) in [6.45, 7) is 8.18. The van der Waals surface area contributed by atoms with Gasteiger partial charge in [-0.15, -0.1) is 0 Å². The molecule has 0 aromatic heterocycles. The predicted molar refractivity (Wildman–Crippen MR) is 96.0 cm³/mol. The highest BCUT2D eigenvalue weighted by atomic mass is 31.2. The second kappa shape index (κ2) is 5.91. The van der Waals surface area contributed by atoms with Gasteiger partial charge in [-0.25, -0.2) is 9.34 Å². The van der Waals surface area contributed by atoms with Gasteiger partial charge in [-0.1, -0.05) is 12.5 Å². The summed E-state index contributed by atoms with van der Waals surface area (Å²) in [5.41, 5.74) is 3.68. The molecule has 23 heavy (non-hydrogen) atoms. The highest BCUT2D eigenvalue weighted by Gasteiger charge is 2.54. The summed E-state index contributed by atoms with van der Waals surface area (Å²) in [5.74, 6) is 0. The molecule has 5 heteroatoms. The van der Waals surface area contributed by atoms with Gasteiger partial charge in [0.15, 0.2) is 0 Å². The lowest BCUT2D eigenvalue weighted by Crippen LogP contribution is -2.37. The molecule has 126 valence electrons. The molecule has 0 bridgehead atoms. The van der Waals surface area contributed by atoms with Crippen molar-refractivity contribution in [1.29, 1.82) is 0 Å². The fourth-order valence-corrected chi connectivity index (χ4v) is 8.15. The van der Waals surface area contributed by atoms with E-state index in [1.54, 1.807) is 0 Å². The molecule has 3 saturated heterocycles. The van der Waals surface area contributed by atoms with Crippen molar-refractivity contribution in [3.63, 3.8) is 0 Å². The Morgan fingerprint density at radius 2 is 1.65 bits per heavy atom. The van der Waals surface area contributed by atoms with Crippen LogP contribution in [0.4, 0.5) is 5.69 Å². The van der Waals surface area contributed by atoms with Crippen molar-refractivity contribution in [2.45, 2.75) is 52.0 Å². The van der Waals surface area contributed by atoms with Gasteiger partial charge in [-0.3, -0.25) is 9.24 Å². The molecule has 3 fully saturated rings. The van der Waals surface area contributed by atoms with E-state index in [1.807, 2.05) is 0 Å². The van der Waals surface area contributed by atoms with Crippen LogP contribution < -0.4 is 4.67 Å². The van der Waals surface area contributed by atoms with Crippen molar-refractivity contribution in [3.8, 4) is 0 Å². The van der Waals surface area contributed by atoms with Crippen molar-refractivity contribution in [2.75, 3.05) is 30.8 Å². The van der Waals surface area contributed by atoms with Gasteiger partial charge in [0.25, 0.3) is 0 Å². The van der Waals surface area contributed by atoms with E-state index >= 15 is 0 Å². The van der Waals surface area contributed by atoms with Gasteiger partial charge < -0.3 is 0 Å². The fourth-order valence-electron chi connectivity index (χ4n) is 4.60. The van der Waals surface area contributed by atoms with E-state index < -0.39 is 7.59 Å². The first-order valence-electron chi connectivity index (χ1n) is 9.08. The lowest BCUT2D eigenvalue weighted by molar-refractivity contribution is 0.309. The van der Waals surface area contributed by atoms with Gasteiger partial charge >= 0.3 is 7.59 Å². The molecule has 0 N–H and O–H groups in total. The molecular weight excluding hydrogens is 305 g/mol. The van der Waals surface area contributed by atoms with Crippen LogP contribution >= 0.6 is 7.59 Å². The van der Waals surface area contributed by atoms with E-state index in [-0.39, 0.29) is 0 Å². The number of anilines is 1. The van der Waals surface area contributed by atoms with Crippen LogP contribution in [0.15, 0.2) is 18.2 Å². The summed E-state index contributed by atoms with van der Waals surface area (Å²) in [5, 5.41) is 0. The van der Waals surface area contributed by atoms with Gasteiger partial charge in [0.2, 0.25) is 0 Å². The largest absolute Gasteiger partial charge is 0.311 e. The fraction of sp³-hybridized carbons (Fsp3) is 0.667. The van der Waals surface area contributed by atoms with Crippen molar-refractivity contribution in [3.05, 3.63) is 29.3 Å². The van der Waals surface area contributed by atoms with E-state index in [1.165, 1.54) is 43.2 Å². The first kappa shape index (κ1) is 15.7. The van der Waals surface area contributed by atoms with Crippen LogP contribution in [-0.2, 0) is 4.57 Å². The van der Waals surface area contributed by atoms with Crippen LogP contribution in [0.2, 0.25) is 0 Å². The summed E-state index contributed by atoms with van der Waals surface area (Å²) in [7, 11) is -2.62. The van der Waals surface area contributed by atoms with E-state index in [9.17, 15) is 4.57 Å². The number of piperidine rings is 1. The molecule has 2 atom stereocenters. The molecule has 0 amide bonds. The minimum atomic E-state index is -2.62. The van der Waals surface area contributed by atoms with E-state index in [2.05, 4.69) is 46.1 Å². The number of benzene rings is 1. The maximum Gasteiger partial charge on any atom is 0.311 e. The van der Waals surface area contributed by atoms with Crippen LogP contribution in [0.3, 0.4) is 0 Å². The van der Waals surface area contributed by atoms with E-state index in [0.717, 1.165) is 31.9 Å². The highest BCUT2D eigenvalue weighted by molar-refractivity contribution is 7.61. The van der Waals surface area contributed by atoms with Crippen LogP contribution in [0.25, 0.3) is 0 Å². The third-order valence-electron chi connectivity index (χ3n) is 5.58. The van der Waals surface area contributed by atoms with Crippen LogP contribution in [-0.4, -0.2) is 41.6 Å². The van der Waals surface area contributed by atoms with E-state index in [0.29, 0.717) is 6.04 Å². The Hall–Kier alpha value is -0.830.